The second-order valence-corrected chi connectivity index (χ2v) is 7.66. The molecule has 0 saturated carbocycles. The molecule has 0 atom stereocenters. The molecule has 0 amide bonds. The fraction of sp³-hybridized carbons (Fsp3) is 0.200. The van der Waals surface area contributed by atoms with Crippen molar-refractivity contribution < 1.29 is 9.47 Å². The topological polar surface area (TPSA) is 49.2 Å². The lowest BCUT2D eigenvalue weighted by atomic mass is 10.2. The van der Waals surface area contributed by atoms with Crippen molar-refractivity contribution in [2.24, 2.45) is 0 Å². The van der Waals surface area contributed by atoms with Gasteiger partial charge in [0.1, 0.15) is 17.0 Å². The van der Waals surface area contributed by atoms with E-state index in [2.05, 4.69) is 22.8 Å². The van der Waals surface area contributed by atoms with Crippen molar-refractivity contribution in [2.75, 3.05) is 7.11 Å². The van der Waals surface area contributed by atoms with Crippen LogP contribution in [0.15, 0.2) is 66.7 Å². The number of methoxy groups -OCH3 is 1. The molecule has 5 heteroatoms. The molecule has 0 radical (unpaired) electrons. The molecule has 5 aromatic rings. The van der Waals surface area contributed by atoms with Gasteiger partial charge in [0.25, 0.3) is 0 Å². The lowest BCUT2D eigenvalue weighted by molar-refractivity contribution is 0.242. The van der Waals surface area contributed by atoms with Gasteiger partial charge in [-0.05, 0) is 61.9 Å². The van der Waals surface area contributed by atoms with Gasteiger partial charge in [0.05, 0.1) is 29.8 Å². The summed E-state index contributed by atoms with van der Waals surface area (Å²) >= 11 is 0. The number of ether oxygens (including phenoxy) is 2. The molecule has 3 aromatic carbocycles. The third-order valence-electron chi connectivity index (χ3n) is 5.19. The van der Waals surface area contributed by atoms with E-state index in [4.69, 9.17) is 19.4 Å². The van der Waals surface area contributed by atoms with Crippen LogP contribution in [0.3, 0.4) is 0 Å². The van der Waals surface area contributed by atoms with E-state index in [0.29, 0.717) is 6.54 Å². The van der Waals surface area contributed by atoms with E-state index in [-0.39, 0.29) is 6.10 Å². The number of benzene rings is 3. The Labute approximate surface area is 174 Å². The minimum atomic E-state index is 0.159. The number of hydrogen-bond donors (Lipinski definition) is 0. The van der Waals surface area contributed by atoms with Crippen molar-refractivity contribution in [1.29, 1.82) is 0 Å². The SMILES string of the molecule is COc1ccc2c(c1)c1nc3ccccc3nc1n2Cc1ccc(OC(C)C)cc1. The van der Waals surface area contributed by atoms with Gasteiger partial charge in [0.2, 0.25) is 0 Å². The van der Waals surface area contributed by atoms with Crippen LogP contribution in [0.5, 0.6) is 11.5 Å². The molecule has 0 N–H and O–H groups in total. The Morgan fingerprint density at radius 2 is 1.57 bits per heavy atom. The van der Waals surface area contributed by atoms with Gasteiger partial charge in [-0.15, -0.1) is 0 Å². The van der Waals surface area contributed by atoms with Crippen molar-refractivity contribution in [3.8, 4) is 11.5 Å². The monoisotopic (exact) mass is 397 g/mol. The van der Waals surface area contributed by atoms with Crippen molar-refractivity contribution in [1.82, 2.24) is 14.5 Å². The maximum Gasteiger partial charge on any atom is 0.160 e. The van der Waals surface area contributed by atoms with E-state index in [1.807, 2.05) is 62.4 Å². The number of rotatable bonds is 5. The highest BCUT2D eigenvalue weighted by atomic mass is 16.5. The van der Waals surface area contributed by atoms with Crippen molar-refractivity contribution in [2.45, 2.75) is 26.5 Å². The maximum absolute atomic E-state index is 5.78. The van der Waals surface area contributed by atoms with Gasteiger partial charge in [-0.3, -0.25) is 0 Å². The minimum Gasteiger partial charge on any atom is -0.497 e. The lowest BCUT2D eigenvalue weighted by Crippen LogP contribution is -2.06. The van der Waals surface area contributed by atoms with Gasteiger partial charge in [0, 0.05) is 11.9 Å². The quantitative estimate of drug-likeness (QED) is 0.388. The fourth-order valence-electron chi connectivity index (χ4n) is 3.83. The molecule has 0 aliphatic carbocycles. The summed E-state index contributed by atoms with van der Waals surface area (Å²) < 4.78 is 13.5. The fourth-order valence-corrected chi connectivity index (χ4v) is 3.83. The van der Waals surface area contributed by atoms with E-state index < -0.39 is 0 Å². The second-order valence-electron chi connectivity index (χ2n) is 7.66. The first-order valence-electron chi connectivity index (χ1n) is 10.1. The average Bonchev–Trinajstić information content (AvgIpc) is 3.05. The summed E-state index contributed by atoms with van der Waals surface area (Å²) in [6.07, 6.45) is 0.159. The average molecular weight is 397 g/mol. The molecular formula is C25H23N3O2. The molecule has 5 nitrogen and oxygen atoms in total. The highest BCUT2D eigenvalue weighted by Crippen LogP contribution is 2.32. The first-order valence-corrected chi connectivity index (χ1v) is 10.1. The van der Waals surface area contributed by atoms with Crippen molar-refractivity contribution >= 4 is 33.1 Å². The highest BCUT2D eigenvalue weighted by molar-refractivity contribution is 6.07. The molecule has 0 spiro atoms. The van der Waals surface area contributed by atoms with Crippen LogP contribution in [0, 0.1) is 0 Å². The predicted octanol–water partition coefficient (Wildman–Crippen LogP) is 5.58. The third kappa shape index (κ3) is 3.22. The second kappa shape index (κ2) is 7.34. The van der Waals surface area contributed by atoms with Gasteiger partial charge in [0.15, 0.2) is 5.65 Å². The molecule has 0 fully saturated rings. The molecule has 0 unspecified atom stereocenters. The van der Waals surface area contributed by atoms with Crippen molar-refractivity contribution in [3.63, 3.8) is 0 Å². The van der Waals surface area contributed by atoms with Crippen LogP contribution >= 0.6 is 0 Å². The zero-order valence-electron chi connectivity index (χ0n) is 17.3. The number of aromatic nitrogens is 3. The number of hydrogen-bond acceptors (Lipinski definition) is 4. The molecule has 30 heavy (non-hydrogen) atoms. The van der Waals surface area contributed by atoms with E-state index >= 15 is 0 Å². The third-order valence-corrected chi connectivity index (χ3v) is 5.19. The van der Waals surface area contributed by atoms with E-state index in [1.54, 1.807) is 7.11 Å². The summed E-state index contributed by atoms with van der Waals surface area (Å²) in [4.78, 5) is 9.89. The Kier molecular flexibility index (Phi) is 4.51. The van der Waals surface area contributed by atoms with Crippen LogP contribution in [0.2, 0.25) is 0 Å². The summed E-state index contributed by atoms with van der Waals surface area (Å²) in [7, 11) is 1.68. The van der Waals surface area contributed by atoms with E-state index in [9.17, 15) is 0 Å². The zero-order chi connectivity index (χ0) is 20.7. The van der Waals surface area contributed by atoms with Gasteiger partial charge < -0.3 is 14.0 Å². The molecule has 2 heterocycles. The van der Waals surface area contributed by atoms with Gasteiger partial charge in [-0.2, -0.15) is 0 Å². The first kappa shape index (κ1) is 18.4. The van der Waals surface area contributed by atoms with Gasteiger partial charge in [-0.1, -0.05) is 24.3 Å². The normalized spacial score (nSPS) is 11.6. The Bertz CT molecular complexity index is 1350. The van der Waals surface area contributed by atoms with Crippen LogP contribution in [0.4, 0.5) is 0 Å². The molecule has 150 valence electrons. The maximum atomic E-state index is 5.78. The molecule has 0 aliphatic heterocycles. The lowest BCUT2D eigenvalue weighted by Gasteiger charge is -2.11. The summed E-state index contributed by atoms with van der Waals surface area (Å²) in [6.45, 7) is 4.76. The van der Waals surface area contributed by atoms with E-state index in [1.165, 1.54) is 5.56 Å². The predicted molar refractivity (Wildman–Crippen MR) is 120 cm³/mol. The van der Waals surface area contributed by atoms with Crippen LogP contribution in [0.1, 0.15) is 19.4 Å². The van der Waals surface area contributed by atoms with E-state index in [0.717, 1.165) is 44.6 Å². The minimum absolute atomic E-state index is 0.159. The summed E-state index contributed by atoms with van der Waals surface area (Å²) in [6, 6.07) is 22.3. The Morgan fingerprint density at radius 3 is 2.27 bits per heavy atom. The van der Waals surface area contributed by atoms with Crippen LogP contribution in [-0.4, -0.2) is 27.7 Å². The molecule has 2 aromatic heterocycles. The number of fused-ring (bicyclic) bond motifs is 4. The first-order chi connectivity index (χ1) is 14.6. The summed E-state index contributed by atoms with van der Waals surface area (Å²) in [5.74, 6) is 1.69. The zero-order valence-corrected chi connectivity index (χ0v) is 17.3. The molecule has 0 aliphatic rings. The van der Waals surface area contributed by atoms with Crippen molar-refractivity contribution in [3.05, 3.63) is 72.3 Å². The van der Waals surface area contributed by atoms with Gasteiger partial charge in [-0.25, -0.2) is 9.97 Å². The Morgan fingerprint density at radius 1 is 0.867 bits per heavy atom. The van der Waals surface area contributed by atoms with Crippen LogP contribution < -0.4 is 9.47 Å². The number of para-hydroxylation sites is 2. The molecule has 0 saturated heterocycles. The van der Waals surface area contributed by atoms with Crippen LogP contribution in [0.25, 0.3) is 33.1 Å². The summed E-state index contributed by atoms with van der Waals surface area (Å²) in [5.41, 5.74) is 5.81. The summed E-state index contributed by atoms with van der Waals surface area (Å²) in [5, 5.41) is 1.04. The largest absolute Gasteiger partial charge is 0.497 e. The van der Waals surface area contributed by atoms with Crippen LogP contribution in [-0.2, 0) is 6.54 Å². The molecular weight excluding hydrogens is 374 g/mol. The molecule has 0 bridgehead atoms. The Hall–Kier alpha value is -3.60. The standard InChI is InChI=1S/C25H23N3O2/c1-16(2)30-18-10-8-17(9-11-18)15-28-23-13-12-19(29-3)14-20(23)24-25(28)27-22-7-5-4-6-21(22)26-24/h4-14,16H,15H2,1-3H3. The number of nitrogens with zero attached hydrogens (tertiary/aromatic N) is 3. The smallest absolute Gasteiger partial charge is 0.160 e. The van der Waals surface area contributed by atoms with Gasteiger partial charge >= 0.3 is 0 Å². The molecule has 5 rings (SSSR count). The highest BCUT2D eigenvalue weighted by Gasteiger charge is 2.16. The Balaban J connectivity index is 1.68.